The Bertz CT molecular complexity index is 1230. The van der Waals surface area contributed by atoms with Crippen molar-refractivity contribution in [3.05, 3.63) is 59.7 Å². The van der Waals surface area contributed by atoms with Gasteiger partial charge in [0.15, 0.2) is 5.82 Å². The zero-order valence-corrected chi connectivity index (χ0v) is 18.3. The second kappa shape index (κ2) is 8.66. The summed E-state index contributed by atoms with van der Waals surface area (Å²) >= 11 is 6.19. The molecule has 0 amide bonds. The van der Waals surface area contributed by atoms with Gasteiger partial charge in [0.1, 0.15) is 23.6 Å². The largest absolute Gasteiger partial charge is 0.341 e. The van der Waals surface area contributed by atoms with E-state index in [0.717, 1.165) is 43.9 Å². The quantitative estimate of drug-likeness (QED) is 0.475. The number of aromatic nitrogens is 6. The molecule has 32 heavy (non-hydrogen) atoms. The normalized spacial score (nSPS) is 14.8. The molecule has 0 saturated carbocycles. The molecule has 164 valence electrons. The molecule has 0 spiro atoms. The number of hydrogen-bond acceptors (Lipinski definition) is 7. The highest BCUT2D eigenvalue weighted by molar-refractivity contribution is 6.33. The van der Waals surface area contributed by atoms with Crippen LogP contribution < -0.4 is 10.2 Å². The first-order chi connectivity index (χ1) is 15.6. The Kier molecular flexibility index (Phi) is 5.57. The predicted molar refractivity (Wildman–Crippen MR) is 122 cm³/mol. The molecule has 5 heterocycles. The van der Waals surface area contributed by atoms with E-state index in [0.29, 0.717) is 27.7 Å². The summed E-state index contributed by atoms with van der Waals surface area (Å²) in [5.74, 6) is 1.12. The van der Waals surface area contributed by atoms with Crippen molar-refractivity contribution in [1.29, 1.82) is 0 Å². The molecule has 8 nitrogen and oxygen atoms in total. The smallest absolute Gasteiger partial charge is 0.225 e. The highest BCUT2D eigenvalue weighted by Gasteiger charge is 2.26. The molecule has 0 aromatic carbocycles. The molecule has 0 unspecified atom stereocenters. The lowest BCUT2D eigenvalue weighted by Gasteiger charge is -2.32. The molecule has 1 N–H and O–H groups in total. The minimum Gasteiger partial charge on any atom is -0.341 e. The van der Waals surface area contributed by atoms with Crippen molar-refractivity contribution >= 4 is 40.2 Å². The summed E-state index contributed by atoms with van der Waals surface area (Å²) in [6.45, 7) is 3.66. The number of aryl methyl sites for hydroxylation is 1. The lowest BCUT2D eigenvalue weighted by atomic mass is 10.1. The fourth-order valence-electron chi connectivity index (χ4n) is 4.04. The van der Waals surface area contributed by atoms with Gasteiger partial charge >= 0.3 is 0 Å². The molecule has 1 fully saturated rings. The van der Waals surface area contributed by atoms with Crippen LogP contribution in [0.4, 0.5) is 22.0 Å². The van der Waals surface area contributed by atoms with Crippen LogP contribution in [0.3, 0.4) is 0 Å². The van der Waals surface area contributed by atoms with Gasteiger partial charge in [-0.1, -0.05) is 18.5 Å². The Labute approximate surface area is 189 Å². The van der Waals surface area contributed by atoms with Gasteiger partial charge in [-0.05, 0) is 37.0 Å². The summed E-state index contributed by atoms with van der Waals surface area (Å²) < 4.78 is 16.9. The van der Waals surface area contributed by atoms with Gasteiger partial charge in [0.05, 0.1) is 10.4 Å². The van der Waals surface area contributed by atoms with E-state index in [1.807, 2.05) is 17.0 Å². The fraction of sp³-hybridized carbons (Fsp3) is 0.318. The number of pyridine rings is 1. The summed E-state index contributed by atoms with van der Waals surface area (Å²) in [6, 6.07) is 3.56. The van der Waals surface area contributed by atoms with Crippen LogP contribution in [0.2, 0.25) is 5.02 Å². The average molecular weight is 453 g/mol. The Hall–Kier alpha value is -3.33. The van der Waals surface area contributed by atoms with Crippen molar-refractivity contribution in [3.8, 4) is 0 Å². The van der Waals surface area contributed by atoms with Gasteiger partial charge in [-0.2, -0.15) is 0 Å². The molecule has 1 saturated heterocycles. The number of piperidine rings is 1. The van der Waals surface area contributed by atoms with Gasteiger partial charge in [0.25, 0.3) is 0 Å². The topological polar surface area (TPSA) is 84.7 Å². The molecular weight excluding hydrogens is 431 g/mol. The van der Waals surface area contributed by atoms with Crippen LogP contribution in [0.15, 0.2) is 43.2 Å². The molecule has 0 radical (unpaired) electrons. The van der Waals surface area contributed by atoms with Crippen molar-refractivity contribution in [2.75, 3.05) is 23.3 Å². The van der Waals surface area contributed by atoms with E-state index < -0.39 is 0 Å². The zero-order chi connectivity index (χ0) is 22.1. The monoisotopic (exact) mass is 452 g/mol. The third kappa shape index (κ3) is 3.84. The Morgan fingerprint density at radius 3 is 2.59 bits per heavy atom. The van der Waals surface area contributed by atoms with E-state index in [4.69, 9.17) is 11.6 Å². The first kappa shape index (κ1) is 20.6. The maximum atomic E-state index is 15.0. The van der Waals surface area contributed by atoms with Gasteiger partial charge in [-0.3, -0.25) is 0 Å². The van der Waals surface area contributed by atoms with Gasteiger partial charge in [0, 0.05) is 43.9 Å². The third-order valence-corrected chi connectivity index (χ3v) is 6.10. The van der Waals surface area contributed by atoms with Crippen LogP contribution in [0.25, 0.3) is 11.0 Å². The molecule has 0 atom stereocenters. The van der Waals surface area contributed by atoms with E-state index in [1.165, 1.54) is 12.5 Å². The highest BCUT2D eigenvalue weighted by Crippen LogP contribution is 2.33. The Balaban J connectivity index is 1.38. The van der Waals surface area contributed by atoms with E-state index >= 15 is 4.39 Å². The number of rotatable bonds is 5. The minimum absolute atomic E-state index is 0.120. The summed E-state index contributed by atoms with van der Waals surface area (Å²) in [4.78, 5) is 24.0. The number of hydrogen-bond donors (Lipinski definition) is 1. The number of nitrogens with one attached hydrogen (secondary N) is 1. The SMILES string of the molecule is CCc1cnc(N2CCC(n3cc(F)c4c(Nc5ncccc5Cl)ncnc43)CC2)nc1. The maximum absolute atomic E-state index is 15.0. The molecule has 10 heteroatoms. The summed E-state index contributed by atoms with van der Waals surface area (Å²) in [5.41, 5.74) is 1.67. The molecule has 4 aromatic rings. The average Bonchev–Trinajstić information content (AvgIpc) is 3.18. The molecular formula is C22H22ClFN8. The van der Waals surface area contributed by atoms with Crippen LogP contribution >= 0.6 is 11.6 Å². The molecule has 1 aliphatic rings. The lowest BCUT2D eigenvalue weighted by Crippen LogP contribution is -2.35. The number of anilines is 3. The molecule has 0 aliphatic carbocycles. The van der Waals surface area contributed by atoms with Gasteiger partial charge < -0.3 is 14.8 Å². The third-order valence-electron chi connectivity index (χ3n) is 5.80. The first-order valence-electron chi connectivity index (χ1n) is 10.6. The summed E-state index contributed by atoms with van der Waals surface area (Å²) in [7, 11) is 0. The van der Waals surface area contributed by atoms with Crippen molar-refractivity contribution in [3.63, 3.8) is 0 Å². The predicted octanol–water partition coefficient (Wildman–Crippen LogP) is 4.56. The zero-order valence-electron chi connectivity index (χ0n) is 17.5. The van der Waals surface area contributed by atoms with Gasteiger partial charge in [-0.15, -0.1) is 0 Å². The van der Waals surface area contributed by atoms with Crippen molar-refractivity contribution < 1.29 is 4.39 Å². The second-order valence-corrected chi connectivity index (χ2v) is 8.13. The van der Waals surface area contributed by atoms with E-state index in [9.17, 15) is 0 Å². The standard InChI is InChI=1S/C22H22ClFN8/c1-2-14-10-26-22(27-11-14)31-8-5-15(6-9-31)32-12-17(24)18-20(28-13-29-21(18)32)30-19-16(23)4-3-7-25-19/h3-4,7,10-13,15H,2,5-6,8-9H2,1H3,(H,25,28,29,30). The number of nitrogens with zero attached hydrogens (tertiary/aromatic N) is 7. The van der Waals surface area contributed by atoms with Crippen LogP contribution in [0.5, 0.6) is 0 Å². The number of fused-ring (bicyclic) bond motifs is 1. The maximum Gasteiger partial charge on any atom is 0.225 e. The number of halogens is 2. The highest BCUT2D eigenvalue weighted by atomic mass is 35.5. The van der Waals surface area contributed by atoms with E-state index in [1.54, 1.807) is 18.3 Å². The Morgan fingerprint density at radius 2 is 1.88 bits per heavy atom. The summed E-state index contributed by atoms with van der Waals surface area (Å²) in [5, 5.41) is 3.80. The fourth-order valence-corrected chi connectivity index (χ4v) is 4.21. The first-order valence-corrected chi connectivity index (χ1v) is 11.0. The van der Waals surface area contributed by atoms with Gasteiger partial charge in [-0.25, -0.2) is 29.3 Å². The minimum atomic E-state index is -0.379. The van der Waals surface area contributed by atoms with E-state index in [2.05, 4.69) is 42.1 Å². The molecule has 4 aromatic heterocycles. The molecule has 0 bridgehead atoms. The van der Waals surface area contributed by atoms with Crippen molar-refractivity contribution in [2.45, 2.75) is 32.2 Å². The van der Waals surface area contributed by atoms with Gasteiger partial charge in [0.2, 0.25) is 5.95 Å². The second-order valence-electron chi connectivity index (χ2n) is 7.73. The summed E-state index contributed by atoms with van der Waals surface area (Å²) in [6.07, 6.45) is 10.9. The molecule has 1 aliphatic heterocycles. The molecule has 5 rings (SSSR count). The van der Waals surface area contributed by atoms with Crippen molar-refractivity contribution in [2.24, 2.45) is 0 Å². The van der Waals surface area contributed by atoms with E-state index in [-0.39, 0.29) is 11.9 Å². The lowest BCUT2D eigenvalue weighted by molar-refractivity contribution is 0.398. The Morgan fingerprint density at radius 1 is 1.09 bits per heavy atom. The van der Waals surface area contributed by atoms with Crippen LogP contribution in [-0.4, -0.2) is 42.6 Å². The van der Waals surface area contributed by atoms with Crippen LogP contribution in [-0.2, 0) is 6.42 Å². The van der Waals surface area contributed by atoms with Crippen molar-refractivity contribution in [1.82, 2.24) is 29.5 Å². The van der Waals surface area contributed by atoms with Crippen LogP contribution in [0, 0.1) is 5.82 Å². The van der Waals surface area contributed by atoms with Crippen LogP contribution in [0.1, 0.15) is 31.4 Å².